The molecule has 0 amide bonds. The van der Waals surface area contributed by atoms with Crippen molar-refractivity contribution in [2.75, 3.05) is 0 Å². The van der Waals surface area contributed by atoms with Gasteiger partial charge in [-0.2, -0.15) is 13.2 Å². The standard InChI is InChI=1S/C27H23F5N2O2/c28-22-13-20(14-23(29)25(22)27(30,31)32)11-12-21(33)15-24(35-16-18-7-3-1-4-8-18)26(34)36-17-19-9-5-2-6-10-19/h1-15H,16-17,33-34H2/b12-11+,21-15-,26-24-. The second-order valence-electron chi connectivity index (χ2n) is 7.61. The molecular formula is C27H23F5N2O2. The van der Waals surface area contributed by atoms with E-state index in [0.29, 0.717) is 12.1 Å². The van der Waals surface area contributed by atoms with Crippen LogP contribution >= 0.6 is 0 Å². The molecule has 4 N–H and O–H groups in total. The van der Waals surface area contributed by atoms with Crippen molar-refractivity contribution >= 4 is 6.08 Å². The summed E-state index contributed by atoms with van der Waals surface area (Å²) < 4.78 is 77.4. The second kappa shape index (κ2) is 11.9. The monoisotopic (exact) mass is 502 g/mol. The molecule has 3 aromatic carbocycles. The van der Waals surface area contributed by atoms with Gasteiger partial charge in [-0.05, 0) is 34.9 Å². The van der Waals surface area contributed by atoms with Crippen molar-refractivity contribution in [2.24, 2.45) is 11.5 Å². The lowest BCUT2D eigenvalue weighted by atomic mass is 10.1. The molecule has 0 saturated heterocycles. The Labute approximate surface area is 204 Å². The van der Waals surface area contributed by atoms with Crippen LogP contribution in [0.25, 0.3) is 6.08 Å². The highest BCUT2D eigenvalue weighted by molar-refractivity contribution is 5.54. The molecule has 188 valence electrons. The summed E-state index contributed by atoms with van der Waals surface area (Å²) in [5.41, 5.74) is 11.7. The zero-order valence-electron chi connectivity index (χ0n) is 18.9. The Hall–Kier alpha value is -4.27. The Kier molecular flexibility index (Phi) is 8.72. The molecule has 0 heterocycles. The zero-order valence-corrected chi connectivity index (χ0v) is 18.9. The first kappa shape index (κ1) is 26.3. The number of hydrogen-bond donors (Lipinski definition) is 2. The predicted molar refractivity (Wildman–Crippen MR) is 126 cm³/mol. The van der Waals surface area contributed by atoms with Gasteiger partial charge in [0.15, 0.2) is 5.76 Å². The average Bonchev–Trinajstić information content (AvgIpc) is 2.83. The third-order valence-electron chi connectivity index (χ3n) is 4.83. The smallest absolute Gasteiger partial charge is 0.422 e. The van der Waals surface area contributed by atoms with Crippen molar-refractivity contribution < 1.29 is 31.4 Å². The summed E-state index contributed by atoms with van der Waals surface area (Å²) in [7, 11) is 0. The third-order valence-corrected chi connectivity index (χ3v) is 4.83. The van der Waals surface area contributed by atoms with Gasteiger partial charge in [-0.1, -0.05) is 66.7 Å². The Morgan fingerprint density at radius 2 is 1.28 bits per heavy atom. The van der Waals surface area contributed by atoms with Crippen molar-refractivity contribution in [3.05, 3.63) is 136 Å². The first-order chi connectivity index (χ1) is 17.1. The van der Waals surface area contributed by atoms with E-state index in [1.165, 1.54) is 12.2 Å². The van der Waals surface area contributed by atoms with Gasteiger partial charge >= 0.3 is 6.18 Å². The molecule has 0 radical (unpaired) electrons. The maximum atomic E-state index is 13.8. The van der Waals surface area contributed by atoms with E-state index in [9.17, 15) is 22.0 Å². The van der Waals surface area contributed by atoms with Gasteiger partial charge in [0.05, 0.1) is 0 Å². The van der Waals surface area contributed by atoms with Gasteiger partial charge in [-0.15, -0.1) is 0 Å². The van der Waals surface area contributed by atoms with Crippen LogP contribution in [0.15, 0.2) is 102 Å². The minimum atomic E-state index is -5.15. The summed E-state index contributed by atoms with van der Waals surface area (Å²) in [6.07, 6.45) is -1.40. The third kappa shape index (κ3) is 7.63. The molecular weight excluding hydrogens is 479 g/mol. The highest BCUT2D eigenvalue weighted by Gasteiger charge is 2.37. The minimum absolute atomic E-state index is 0.0463. The van der Waals surface area contributed by atoms with Gasteiger partial charge in [0.1, 0.15) is 30.4 Å². The first-order valence-corrected chi connectivity index (χ1v) is 10.7. The van der Waals surface area contributed by atoms with Crippen LogP contribution in [0.5, 0.6) is 0 Å². The van der Waals surface area contributed by atoms with Crippen LogP contribution in [0.1, 0.15) is 22.3 Å². The van der Waals surface area contributed by atoms with Crippen molar-refractivity contribution in [3.8, 4) is 0 Å². The van der Waals surface area contributed by atoms with Crippen molar-refractivity contribution in [3.63, 3.8) is 0 Å². The Morgan fingerprint density at radius 1 is 0.778 bits per heavy atom. The quantitative estimate of drug-likeness (QED) is 0.202. The maximum Gasteiger partial charge on any atom is 0.422 e. The molecule has 0 fully saturated rings. The van der Waals surface area contributed by atoms with E-state index in [4.69, 9.17) is 20.9 Å². The summed E-state index contributed by atoms with van der Waals surface area (Å²) in [5, 5.41) is 0. The van der Waals surface area contributed by atoms with E-state index in [1.807, 2.05) is 60.7 Å². The molecule has 3 rings (SSSR count). The lowest BCUT2D eigenvalue weighted by Crippen LogP contribution is -2.11. The molecule has 3 aromatic rings. The first-order valence-electron chi connectivity index (χ1n) is 10.7. The summed E-state index contributed by atoms with van der Waals surface area (Å²) >= 11 is 0. The van der Waals surface area contributed by atoms with E-state index in [1.54, 1.807) is 0 Å². The van der Waals surface area contributed by atoms with Gasteiger partial charge in [-0.25, -0.2) is 8.78 Å². The lowest BCUT2D eigenvalue weighted by molar-refractivity contribution is -0.142. The van der Waals surface area contributed by atoms with E-state index in [2.05, 4.69) is 0 Å². The molecule has 0 spiro atoms. The fourth-order valence-electron chi connectivity index (χ4n) is 3.08. The summed E-state index contributed by atoms with van der Waals surface area (Å²) in [4.78, 5) is 0. The molecule has 0 unspecified atom stereocenters. The van der Waals surface area contributed by atoms with Crippen molar-refractivity contribution in [1.29, 1.82) is 0 Å². The molecule has 9 heteroatoms. The molecule has 0 atom stereocenters. The van der Waals surface area contributed by atoms with Crippen LogP contribution in [0.2, 0.25) is 0 Å². The number of nitrogens with two attached hydrogens (primary N) is 2. The number of benzene rings is 3. The average molecular weight is 502 g/mol. The number of halogens is 5. The van der Waals surface area contributed by atoms with Crippen molar-refractivity contribution in [2.45, 2.75) is 19.4 Å². The van der Waals surface area contributed by atoms with Crippen molar-refractivity contribution in [1.82, 2.24) is 0 Å². The molecule has 0 bridgehead atoms. The van der Waals surface area contributed by atoms with Crippen LogP contribution < -0.4 is 11.5 Å². The Morgan fingerprint density at radius 3 is 1.78 bits per heavy atom. The van der Waals surface area contributed by atoms with Crippen LogP contribution in [-0.4, -0.2) is 0 Å². The van der Waals surface area contributed by atoms with Gasteiger partial charge in [-0.3, -0.25) is 0 Å². The van der Waals surface area contributed by atoms with Crippen LogP contribution in [-0.2, 0) is 28.9 Å². The fraction of sp³-hybridized carbons (Fsp3) is 0.111. The van der Waals surface area contributed by atoms with Gasteiger partial charge in [0.25, 0.3) is 0 Å². The molecule has 36 heavy (non-hydrogen) atoms. The Bertz CT molecular complexity index is 1230. The van der Waals surface area contributed by atoms with Crippen LogP contribution in [0, 0.1) is 11.6 Å². The van der Waals surface area contributed by atoms with E-state index < -0.39 is 23.4 Å². The second-order valence-corrected chi connectivity index (χ2v) is 7.61. The summed E-state index contributed by atoms with van der Waals surface area (Å²) in [6.45, 7) is 0.312. The van der Waals surface area contributed by atoms with Gasteiger partial charge < -0.3 is 20.9 Å². The van der Waals surface area contributed by atoms with E-state index >= 15 is 0 Å². The molecule has 0 aromatic heterocycles. The van der Waals surface area contributed by atoms with Crippen LogP contribution in [0.3, 0.4) is 0 Å². The number of alkyl halides is 3. The van der Waals surface area contributed by atoms with Crippen LogP contribution in [0.4, 0.5) is 22.0 Å². The van der Waals surface area contributed by atoms with Gasteiger partial charge in [0.2, 0.25) is 5.88 Å². The molecule has 0 aliphatic heterocycles. The highest BCUT2D eigenvalue weighted by Crippen LogP contribution is 2.34. The lowest BCUT2D eigenvalue weighted by Gasteiger charge is -2.13. The molecule has 0 aliphatic rings. The molecule has 0 saturated carbocycles. The number of ether oxygens (including phenoxy) is 2. The Balaban J connectivity index is 1.82. The number of hydrogen-bond acceptors (Lipinski definition) is 4. The van der Waals surface area contributed by atoms with E-state index in [0.717, 1.165) is 17.2 Å². The minimum Gasteiger partial charge on any atom is -0.483 e. The highest BCUT2D eigenvalue weighted by atomic mass is 19.4. The normalized spacial score (nSPS) is 13.0. The summed E-state index contributed by atoms with van der Waals surface area (Å²) in [6, 6.07) is 19.6. The summed E-state index contributed by atoms with van der Waals surface area (Å²) in [5.74, 6) is -3.41. The number of rotatable bonds is 9. The molecule has 0 aliphatic carbocycles. The maximum absolute atomic E-state index is 13.8. The fourth-order valence-corrected chi connectivity index (χ4v) is 3.08. The predicted octanol–water partition coefficient (Wildman–Crippen LogP) is 6.40. The van der Waals surface area contributed by atoms with Gasteiger partial charge in [0, 0.05) is 11.8 Å². The SMILES string of the molecule is NC(=C\C(OCc1ccccc1)=C(/N)OCc1ccccc1)/C=C/c1cc(F)c(C(F)(F)F)c(F)c1. The molecule has 4 nitrogen and oxygen atoms in total. The number of allylic oxidation sites excluding steroid dienone is 2. The van der Waals surface area contributed by atoms with E-state index in [-0.39, 0.29) is 36.1 Å². The topological polar surface area (TPSA) is 70.5 Å². The largest absolute Gasteiger partial charge is 0.483 e. The zero-order chi connectivity index (χ0) is 26.1.